The van der Waals surface area contributed by atoms with Crippen molar-refractivity contribution < 1.29 is 13.9 Å². The first-order valence-electron chi connectivity index (χ1n) is 7.20. The molecule has 0 aromatic heterocycles. The highest BCUT2D eigenvalue weighted by Crippen LogP contribution is 2.14. The average Bonchev–Trinajstić information content (AvgIpc) is 2.55. The van der Waals surface area contributed by atoms with E-state index >= 15 is 0 Å². The minimum atomic E-state index is -0.295. The van der Waals surface area contributed by atoms with E-state index < -0.39 is 0 Å². The summed E-state index contributed by atoms with van der Waals surface area (Å²) >= 11 is 5.80. The number of halogens is 2. The molecule has 0 saturated carbocycles. The van der Waals surface area contributed by atoms with Gasteiger partial charge < -0.3 is 15.0 Å². The summed E-state index contributed by atoms with van der Waals surface area (Å²) in [7, 11) is 1.71. The van der Waals surface area contributed by atoms with Crippen molar-refractivity contribution in [2.24, 2.45) is 0 Å². The summed E-state index contributed by atoms with van der Waals surface area (Å²) in [6.07, 6.45) is 0.669. The number of nitrogens with one attached hydrogen (secondary N) is 1. The molecule has 23 heavy (non-hydrogen) atoms. The number of carbonyl (C=O) groups is 1. The molecule has 122 valence electrons. The van der Waals surface area contributed by atoms with Gasteiger partial charge in [0.15, 0.2) is 0 Å². The van der Waals surface area contributed by atoms with Crippen LogP contribution in [0.4, 0.5) is 14.9 Å². The van der Waals surface area contributed by atoms with Gasteiger partial charge in [0.25, 0.3) is 0 Å². The van der Waals surface area contributed by atoms with E-state index in [1.165, 1.54) is 12.1 Å². The van der Waals surface area contributed by atoms with E-state index in [0.29, 0.717) is 36.0 Å². The summed E-state index contributed by atoms with van der Waals surface area (Å²) in [5.41, 5.74) is 0.689. The Labute approximate surface area is 139 Å². The molecule has 0 unspecified atom stereocenters. The molecule has 2 amide bonds. The zero-order valence-electron chi connectivity index (χ0n) is 12.8. The van der Waals surface area contributed by atoms with Crippen LogP contribution < -0.4 is 10.1 Å². The molecule has 0 fully saturated rings. The van der Waals surface area contributed by atoms with Crippen LogP contribution in [0.5, 0.6) is 5.75 Å². The maximum atomic E-state index is 12.8. The van der Waals surface area contributed by atoms with Crippen molar-refractivity contribution in [2.45, 2.75) is 6.42 Å². The van der Waals surface area contributed by atoms with Crippen LogP contribution in [-0.4, -0.2) is 31.1 Å². The zero-order valence-corrected chi connectivity index (χ0v) is 13.5. The molecule has 6 heteroatoms. The Hall–Kier alpha value is -2.27. The summed E-state index contributed by atoms with van der Waals surface area (Å²) in [4.78, 5) is 13.6. The molecule has 0 aliphatic heterocycles. The Balaban J connectivity index is 1.69. The van der Waals surface area contributed by atoms with Crippen molar-refractivity contribution in [3.05, 3.63) is 59.4 Å². The highest BCUT2D eigenvalue weighted by molar-refractivity contribution is 6.30. The topological polar surface area (TPSA) is 41.6 Å². The molecule has 0 atom stereocenters. The summed E-state index contributed by atoms with van der Waals surface area (Å²) in [5.74, 6) is 0.315. The molecule has 0 radical (unpaired) electrons. The maximum absolute atomic E-state index is 12.8. The lowest BCUT2D eigenvalue weighted by Crippen LogP contribution is -2.32. The van der Waals surface area contributed by atoms with E-state index in [1.54, 1.807) is 48.3 Å². The minimum absolute atomic E-state index is 0.200. The second kappa shape index (κ2) is 8.39. The van der Waals surface area contributed by atoms with Gasteiger partial charge in [-0.15, -0.1) is 0 Å². The van der Waals surface area contributed by atoms with E-state index in [1.807, 2.05) is 0 Å². The monoisotopic (exact) mass is 336 g/mol. The van der Waals surface area contributed by atoms with E-state index in [4.69, 9.17) is 16.3 Å². The summed E-state index contributed by atoms with van der Waals surface area (Å²) < 4.78 is 18.2. The lowest BCUT2D eigenvalue weighted by molar-refractivity contribution is 0.216. The molecule has 2 aromatic carbocycles. The Morgan fingerprint density at radius 1 is 1.17 bits per heavy atom. The number of anilines is 1. The average molecular weight is 337 g/mol. The number of hydrogen-bond acceptors (Lipinski definition) is 2. The fourth-order valence-corrected chi connectivity index (χ4v) is 2.00. The lowest BCUT2D eigenvalue weighted by atomic mass is 10.3. The third kappa shape index (κ3) is 5.79. The number of rotatable bonds is 6. The fraction of sp³-hybridized carbons (Fsp3) is 0.235. The molecule has 0 aliphatic rings. The van der Waals surface area contributed by atoms with Gasteiger partial charge in [-0.3, -0.25) is 0 Å². The SMILES string of the molecule is CN(CCCOc1ccc(F)cc1)C(=O)Nc1ccc(Cl)cc1. The molecule has 0 bridgehead atoms. The van der Waals surface area contributed by atoms with Crippen LogP contribution in [0.3, 0.4) is 0 Å². The molecule has 2 rings (SSSR count). The van der Waals surface area contributed by atoms with Gasteiger partial charge in [0, 0.05) is 24.3 Å². The van der Waals surface area contributed by atoms with Gasteiger partial charge in [-0.25, -0.2) is 9.18 Å². The second-order valence-corrected chi connectivity index (χ2v) is 5.45. The number of benzene rings is 2. The normalized spacial score (nSPS) is 10.2. The molecule has 2 aromatic rings. The molecular weight excluding hydrogens is 319 g/mol. The Bertz CT molecular complexity index is 632. The first-order valence-corrected chi connectivity index (χ1v) is 7.58. The van der Waals surface area contributed by atoms with Crippen LogP contribution in [0.1, 0.15) is 6.42 Å². The van der Waals surface area contributed by atoms with E-state index in [2.05, 4.69) is 5.32 Å². The van der Waals surface area contributed by atoms with Gasteiger partial charge in [-0.1, -0.05) is 11.6 Å². The van der Waals surface area contributed by atoms with Crippen LogP contribution in [0.25, 0.3) is 0 Å². The highest BCUT2D eigenvalue weighted by Gasteiger charge is 2.08. The van der Waals surface area contributed by atoms with Gasteiger partial charge in [0.2, 0.25) is 0 Å². The molecular formula is C17H18ClFN2O2. The number of urea groups is 1. The minimum Gasteiger partial charge on any atom is -0.494 e. The number of amides is 2. The second-order valence-electron chi connectivity index (χ2n) is 5.01. The van der Waals surface area contributed by atoms with Crippen molar-refractivity contribution in [3.63, 3.8) is 0 Å². The van der Waals surface area contributed by atoms with Crippen LogP contribution in [0, 0.1) is 5.82 Å². The first-order chi connectivity index (χ1) is 11.0. The number of nitrogens with zero attached hydrogens (tertiary/aromatic N) is 1. The third-order valence-corrected chi connectivity index (χ3v) is 3.41. The molecule has 0 spiro atoms. The maximum Gasteiger partial charge on any atom is 0.321 e. The highest BCUT2D eigenvalue weighted by atomic mass is 35.5. The zero-order chi connectivity index (χ0) is 16.7. The smallest absolute Gasteiger partial charge is 0.321 e. The molecule has 1 N–H and O–H groups in total. The van der Waals surface area contributed by atoms with Gasteiger partial charge in [0.05, 0.1) is 6.61 Å². The molecule has 0 aliphatic carbocycles. The Kier molecular flexibility index (Phi) is 6.23. The van der Waals surface area contributed by atoms with Gasteiger partial charge in [0.1, 0.15) is 11.6 Å². The van der Waals surface area contributed by atoms with Crippen molar-refractivity contribution in [1.82, 2.24) is 4.90 Å². The lowest BCUT2D eigenvalue weighted by Gasteiger charge is -2.18. The summed E-state index contributed by atoms with van der Waals surface area (Å²) in [5, 5.41) is 3.40. The largest absolute Gasteiger partial charge is 0.494 e. The quantitative estimate of drug-likeness (QED) is 0.794. The van der Waals surface area contributed by atoms with Gasteiger partial charge >= 0.3 is 6.03 Å². The van der Waals surface area contributed by atoms with Crippen LogP contribution >= 0.6 is 11.6 Å². The van der Waals surface area contributed by atoms with Crippen molar-refractivity contribution >= 4 is 23.3 Å². The predicted molar refractivity (Wildman–Crippen MR) is 89.6 cm³/mol. The predicted octanol–water partition coefficient (Wildman–Crippen LogP) is 4.41. The van der Waals surface area contributed by atoms with Gasteiger partial charge in [-0.05, 0) is 55.0 Å². The van der Waals surface area contributed by atoms with Crippen molar-refractivity contribution in [1.29, 1.82) is 0 Å². The van der Waals surface area contributed by atoms with Crippen LogP contribution in [-0.2, 0) is 0 Å². The number of carbonyl (C=O) groups excluding carboxylic acids is 1. The number of ether oxygens (including phenoxy) is 1. The van der Waals surface area contributed by atoms with Crippen LogP contribution in [0.15, 0.2) is 48.5 Å². The van der Waals surface area contributed by atoms with Crippen molar-refractivity contribution in [3.8, 4) is 5.75 Å². The summed E-state index contributed by atoms with van der Waals surface area (Å²) in [6, 6.07) is 12.6. The van der Waals surface area contributed by atoms with Crippen molar-refractivity contribution in [2.75, 3.05) is 25.5 Å². The molecule has 0 heterocycles. The third-order valence-electron chi connectivity index (χ3n) is 3.16. The standard InChI is InChI=1S/C17H18ClFN2O2/c1-21(17(22)20-15-7-3-13(18)4-8-15)11-2-12-23-16-9-5-14(19)6-10-16/h3-10H,2,11-12H2,1H3,(H,20,22). The molecule has 0 saturated heterocycles. The number of hydrogen-bond donors (Lipinski definition) is 1. The first kappa shape index (κ1) is 17.1. The van der Waals surface area contributed by atoms with E-state index in [0.717, 1.165) is 0 Å². The van der Waals surface area contributed by atoms with E-state index in [-0.39, 0.29) is 11.8 Å². The summed E-state index contributed by atoms with van der Waals surface area (Å²) in [6.45, 7) is 0.991. The van der Waals surface area contributed by atoms with Crippen LogP contribution in [0.2, 0.25) is 5.02 Å². The van der Waals surface area contributed by atoms with E-state index in [9.17, 15) is 9.18 Å². The fourth-order valence-electron chi connectivity index (χ4n) is 1.88. The molecule has 4 nitrogen and oxygen atoms in total. The Morgan fingerprint density at radius 3 is 2.48 bits per heavy atom. The Morgan fingerprint density at radius 2 is 1.83 bits per heavy atom. The van der Waals surface area contributed by atoms with Gasteiger partial charge in [-0.2, -0.15) is 0 Å².